The lowest BCUT2D eigenvalue weighted by Gasteiger charge is -2.27. The fraction of sp³-hybridized carbons (Fsp3) is 0.409. The van der Waals surface area contributed by atoms with Crippen molar-refractivity contribution >= 4 is 29.9 Å². The highest BCUT2D eigenvalue weighted by atomic mass is 127. The molecule has 1 aliphatic rings. The van der Waals surface area contributed by atoms with Gasteiger partial charge in [-0.2, -0.15) is 0 Å². The monoisotopic (exact) mass is 494 g/mol. The maximum absolute atomic E-state index is 5.46. The molecular formula is C22H31IN4O. The molecule has 28 heavy (non-hydrogen) atoms. The molecular weight excluding hydrogens is 463 g/mol. The van der Waals surface area contributed by atoms with E-state index in [-0.39, 0.29) is 24.0 Å². The van der Waals surface area contributed by atoms with Gasteiger partial charge in [0.05, 0.1) is 19.8 Å². The molecule has 6 heteroatoms. The van der Waals surface area contributed by atoms with Crippen LogP contribution < -0.4 is 10.6 Å². The van der Waals surface area contributed by atoms with Crippen molar-refractivity contribution in [3.63, 3.8) is 0 Å². The number of ether oxygens (including phenoxy) is 1. The second-order valence-electron chi connectivity index (χ2n) is 6.69. The van der Waals surface area contributed by atoms with Crippen LogP contribution in [0.4, 0.5) is 0 Å². The zero-order valence-electron chi connectivity index (χ0n) is 16.6. The molecule has 0 atom stereocenters. The smallest absolute Gasteiger partial charge is 0.191 e. The maximum atomic E-state index is 5.46. The quantitative estimate of drug-likeness (QED) is 0.352. The highest BCUT2D eigenvalue weighted by Crippen LogP contribution is 2.13. The number of nitrogens with one attached hydrogen (secondary N) is 2. The number of rotatable bonds is 7. The molecule has 0 spiro atoms. The van der Waals surface area contributed by atoms with E-state index in [1.165, 1.54) is 16.7 Å². The summed E-state index contributed by atoms with van der Waals surface area (Å²) < 4.78 is 5.46. The first kappa shape index (κ1) is 22.6. The van der Waals surface area contributed by atoms with Crippen LogP contribution in [0.3, 0.4) is 0 Å². The Labute approximate surface area is 185 Å². The summed E-state index contributed by atoms with van der Waals surface area (Å²) >= 11 is 0. The van der Waals surface area contributed by atoms with Gasteiger partial charge >= 0.3 is 0 Å². The predicted molar refractivity (Wildman–Crippen MR) is 126 cm³/mol. The highest BCUT2D eigenvalue weighted by Gasteiger charge is 2.12. The van der Waals surface area contributed by atoms with Crippen LogP contribution >= 0.6 is 24.0 Å². The predicted octanol–water partition coefficient (Wildman–Crippen LogP) is 3.39. The van der Waals surface area contributed by atoms with Crippen molar-refractivity contribution in [3.8, 4) is 0 Å². The van der Waals surface area contributed by atoms with E-state index >= 15 is 0 Å². The van der Waals surface area contributed by atoms with Crippen LogP contribution in [-0.2, 0) is 24.4 Å². The summed E-state index contributed by atoms with van der Waals surface area (Å²) in [6.07, 6.45) is 0. The van der Waals surface area contributed by atoms with E-state index < -0.39 is 0 Å². The summed E-state index contributed by atoms with van der Waals surface area (Å²) in [5.74, 6) is 0.850. The summed E-state index contributed by atoms with van der Waals surface area (Å²) in [5, 5.41) is 6.82. The number of aliphatic imine (C=N–C) groups is 1. The third-order valence-electron chi connectivity index (χ3n) is 4.67. The van der Waals surface area contributed by atoms with E-state index in [9.17, 15) is 0 Å². The van der Waals surface area contributed by atoms with E-state index in [4.69, 9.17) is 9.73 Å². The van der Waals surface area contributed by atoms with Gasteiger partial charge in [0.1, 0.15) is 0 Å². The SMILES string of the molecule is CCNC(=NCc1ccccc1)NCc1ccccc1CN1CCOCC1.I. The molecule has 5 nitrogen and oxygen atoms in total. The minimum absolute atomic E-state index is 0. The van der Waals surface area contributed by atoms with Crippen molar-refractivity contribution < 1.29 is 4.74 Å². The van der Waals surface area contributed by atoms with Crippen LogP contribution in [0.15, 0.2) is 59.6 Å². The average Bonchev–Trinajstić information content (AvgIpc) is 2.72. The van der Waals surface area contributed by atoms with Crippen LogP contribution in [0.2, 0.25) is 0 Å². The third-order valence-corrected chi connectivity index (χ3v) is 4.67. The van der Waals surface area contributed by atoms with Crippen LogP contribution in [0, 0.1) is 0 Å². The summed E-state index contributed by atoms with van der Waals surface area (Å²) in [6.45, 7) is 9.01. The first-order valence-electron chi connectivity index (χ1n) is 9.78. The minimum atomic E-state index is 0. The molecule has 152 valence electrons. The fourth-order valence-corrected chi connectivity index (χ4v) is 3.16. The number of hydrogen-bond donors (Lipinski definition) is 2. The van der Waals surface area contributed by atoms with Gasteiger partial charge in [-0.25, -0.2) is 4.99 Å². The molecule has 2 aromatic rings. The average molecular weight is 494 g/mol. The molecule has 1 aliphatic heterocycles. The van der Waals surface area contributed by atoms with Crippen molar-refractivity contribution in [2.45, 2.75) is 26.6 Å². The lowest BCUT2D eigenvalue weighted by Crippen LogP contribution is -2.38. The highest BCUT2D eigenvalue weighted by molar-refractivity contribution is 14.0. The molecule has 1 fully saturated rings. The van der Waals surface area contributed by atoms with Gasteiger partial charge in [-0.05, 0) is 23.6 Å². The topological polar surface area (TPSA) is 48.9 Å². The van der Waals surface area contributed by atoms with Gasteiger partial charge in [0.15, 0.2) is 5.96 Å². The third kappa shape index (κ3) is 7.41. The van der Waals surface area contributed by atoms with Crippen LogP contribution in [0.1, 0.15) is 23.6 Å². The molecule has 1 saturated heterocycles. The molecule has 2 N–H and O–H groups in total. The first-order valence-corrected chi connectivity index (χ1v) is 9.78. The van der Waals surface area contributed by atoms with Gasteiger partial charge in [-0.15, -0.1) is 24.0 Å². The van der Waals surface area contributed by atoms with Gasteiger partial charge in [-0.1, -0.05) is 54.6 Å². The van der Waals surface area contributed by atoms with E-state index in [1.807, 2.05) is 18.2 Å². The Morgan fingerprint density at radius 3 is 2.36 bits per heavy atom. The number of nitrogens with zero attached hydrogens (tertiary/aromatic N) is 2. The molecule has 2 aromatic carbocycles. The molecule has 3 rings (SSSR count). The zero-order chi connectivity index (χ0) is 18.7. The number of halogens is 1. The lowest BCUT2D eigenvalue weighted by atomic mass is 10.1. The fourth-order valence-electron chi connectivity index (χ4n) is 3.16. The number of hydrogen-bond acceptors (Lipinski definition) is 3. The normalized spacial score (nSPS) is 15.0. The number of guanidine groups is 1. The van der Waals surface area contributed by atoms with Crippen molar-refractivity contribution in [2.24, 2.45) is 4.99 Å². The number of morpholine rings is 1. The minimum Gasteiger partial charge on any atom is -0.379 e. The van der Waals surface area contributed by atoms with Crippen molar-refractivity contribution in [3.05, 3.63) is 71.3 Å². The Kier molecular flexibility index (Phi) is 10.3. The Bertz CT molecular complexity index is 717. The Hall–Kier alpha value is -1.64. The molecule has 1 heterocycles. The summed E-state index contributed by atoms with van der Waals surface area (Å²) in [5.41, 5.74) is 3.89. The Morgan fingerprint density at radius 2 is 1.64 bits per heavy atom. The molecule has 0 amide bonds. The van der Waals surface area contributed by atoms with Crippen molar-refractivity contribution in [1.29, 1.82) is 0 Å². The van der Waals surface area contributed by atoms with Crippen LogP contribution in [0.5, 0.6) is 0 Å². The van der Waals surface area contributed by atoms with E-state index in [0.29, 0.717) is 6.54 Å². The molecule has 0 bridgehead atoms. The van der Waals surface area contributed by atoms with Gasteiger partial charge in [0, 0.05) is 32.7 Å². The van der Waals surface area contributed by atoms with Crippen LogP contribution in [0.25, 0.3) is 0 Å². The molecule has 0 unspecified atom stereocenters. The molecule has 0 radical (unpaired) electrons. The summed E-state index contributed by atoms with van der Waals surface area (Å²) in [6, 6.07) is 19.0. The lowest BCUT2D eigenvalue weighted by molar-refractivity contribution is 0.0341. The second kappa shape index (κ2) is 12.7. The van der Waals surface area contributed by atoms with Gasteiger partial charge < -0.3 is 15.4 Å². The Morgan fingerprint density at radius 1 is 0.964 bits per heavy atom. The molecule has 0 aliphatic carbocycles. The molecule has 0 aromatic heterocycles. The van der Waals surface area contributed by atoms with Crippen molar-refractivity contribution in [1.82, 2.24) is 15.5 Å². The molecule has 0 saturated carbocycles. The summed E-state index contributed by atoms with van der Waals surface area (Å²) in [7, 11) is 0. The van der Waals surface area contributed by atoms with Crippen LogP contribution in [-0.4, -0.2) is 43.7 Å². The van der Waals surface area contributed by atoms with E-state index in [0.717, 1.165) is 51.9 Å². The largest absolute Gasteiger partial charge is 0.379 e. The van der Waals surface area contributed by atoms with Gasteiger partial charge in [-0.3, -0.25) is 4.90 Å². The van der Waals surface area contributed by atoms with E-state index in [1.54, 1.807) is 0 Å². The van der Waals surface area contributed by atoms with Crippen molar-refractivity contribution in [2.75, 3.05) is 32.8 Å². The second-order valence-corrected chi connectivity index (χ2v) is 6.69. The van der Waals surface area contributed by atoms with E-state index in [2.05, 4.69) is 58.9 Å². The standard InChI is InChI=1S/C22H30N4O.HI/c1-2-23-22(24-16-19-8-4-3-5-9-19)25-17-20-10-6-7-11-21(20)18-26-12-14-27-15-13-26;/h3-11H,2,12-18H2,1H3,(H2,23,24,25);1H. The number of benzene rings is 2. The zero-order valence-corrected chi connectivity index (χ0v) is 18.9. The van der Waals surface area contributed by atoms with Gasteiger partial charge in [0.2, 0.25) is 0 Å². The first-order chi connectivity index (χ1) is 13.3. The Balaban J connectivity index is 0.00000280. The maximum Gasteiger partial charge on any atom is 0.191 e. The van der Waals surface area contributed by atoms with Gasteiger partial charge in [0.25, 0.3) is 0 Å². The summed E-state index contributed by atoms with van der Waals surface area (Å²) in [4.78, 5) is 7.17.